The van der Waals surface area contributed by atoms with Crippen molar-refractivity contribution in [1.29, 1.82) is 0 Å². The summed E-state index contributed by atoms with van der Waals surface area (Å²) in [7, 11) is -3.43. The average molecular weight is 728 g/mol. The number of hydrogen-bond donors (Lipinski definition) is 0. The third-order valence-electron chi connectivity index (χ3n) is 6.33. The quantitative estimate of drug-likeness (QED) is 0.113. The first kappa shape index (κ1) is 37.5. The van der Waals surface area contributed by atoms with E-state index in [1.165, 1.54) is 41.5 Å². The topological polar surface area (TPSA) is 0 Å². The summed E-state index contributed by atoms with van der Waals surface area (Å²) in [6, 6.07) is 0. The maximum atomic E-state index is 14.5. The minimum atomic E-state index is -8.62. The lowest BCUT2D eigenvalue weighted by atomic mass is 9.89. The largest absolute Gasteiger partial charge is 0.460 e. The van der Waals surface area contributed by atoms with E-state index in [4.69, 9.17) is 0 Å². The minimum Gasteiger partial charge on any atom is -0.195 e. The molecule has 0 aliphatic heterocycles. The van der Waals surface area contributed by atoms with Crippen molar-refractivity contribution in [3.63, 3.8) is 0 Å². The average Bonchev–Trinajstić information content (AvgIpc) is 2.65. The molecule has 0 fully saturated rings. The summed E-state index contributed by atoms with van der Waals surface area (Å²) in [5.41, 5.74) is -1.78. The van der Waals surface area contributed by atoms with Crippen molar-refractivity contribution in [2.75, 3.05) is 0 Å². The molecule has 0 unspecified atom stereocenters. The molecule has 0 aliphatic rings. The molecule has 0 aromatic heterocycles. The highest BCUT2D eigenvalue weighted by Crippen LogP contribution is 2.64. The summed E-state index contributed by atoms with van der Waals surface area (Å²) in [6.45, 7) is 8.67. The molecule has 0 aromatic carbocycles. The lowest BCUT2D eigenvalue weighted by molar-refractivity contribution is -0.459. The predicted octanol–water partition coefficient (Wildman–Crippen LogP) is 10.5. The van der Waals surface area contributed by atoms with Gasteiger partial charge in [0.2, 0.25) is 0 Å². The number of rotatable bonds is 11. The van der Waals surface area contributed by atoms with Crippen LogP contribution in [0.2, 0.25) is 16.6 Å². The van der Waals surface area contributed by atoms with Gasteiger partial charge in [-0.2, -0.15) is 74.6 Å². The molecular formula is C19H22F17ISi. The molecule has 0 amide bonds. The number of halogens is 18. The second-order valence-corrected chi connectivity index (χ2v) is 17.5. The normalized spacial score (nSPS) is 16.8. The van der Waals surface area contributed by atoms with Crippen molar-refractivity contribution in [1.82, 2.24) is 0 Å². The van der Waals surface area contributed by atoms with Crippen molar-refractivity contribution >= 4 is 30.7 Å². The standard InChI is InChI=1S/C19H22F17ISi/c1-8(2)38(9(3)4,10(5)6)11(37)7-12(20,21)13(22,23)14(24,25)15(26,27)16(28,29)17(30,31)18(32,33)19(34,35)36/h7-10H,1-6H3/b11-7+. The monoisotopic (exact) mass is 728 g/mol. The lowest BCUT2D eigenvalue weighted by Gasteiger charge is -2.44. The maximum absolute atomic E-state index is 14.5. The van der Waals surface area contributed by atoms with Crippen LogP contribution >= 0.6 is 22.6 Å². The Hall–Kier alpha value is -0.503. The second kappa shape index (κ2) is 10.4. The van der Waals surface area contributed by atoms with E-state index in [0.29, 0.717) is 0 Å². The van der Waals surface area contributed by atoms with E-state index in [0.717, 1.165) is 22.6 Å². The molecule has 0 nitrogen and oxygen atoms in total. The Morgan fingerprint density at radius 3 is 0.947 bits per heavy atom. The van der Waals surface area contributed by atoms with Crippen LogP contribution in [-0.4, -0.2) is 55.7 Å². The van der Waals surface area contributed by atoms with Gasteiger partial charge in [-0.3, -0.25) is 0 Å². The molecule has 0 radical (unpaired) electrons. The van der Waals surface area contributed by atoms with Gasteiger partial charge in [0.05, 0.1) is 0 Å². The van der Waals surface area contributed by atoms with Gasteiger partial charge < -0.3 is 0 Å². The molecule has 0 saturated carbocycles. The van der Waals surface area contributed by atoms with Crippen LogP contribution in [-0.2, 0) is 0 Å². The van der Waals surface area contributed by atoms with Crippen LogP contribution in [0.3, 0.4) is 0 Å². The maximum Gasteiger partial charge on any atom is 0.460 e. The highest BCUT2D eigenvalue weighted by atomic mass is 127. The van der Waals surface area contributed by atoms with Gasteiger partial charge in [0.15, 0.2) is 0 Å². The van der Waals surface area contributed by atoms with Crippen molar-refractivity contribution in [2.24, 2.45) is 0 Å². The summed E-state index contributed by atoms with van der Waals surface area (Å²) in [5, 5.41) is 0. The second-order valence-electron chi connectivity index (χ2n) is 9.46. The van der Waals surface area contributed by atoms with Crippen molar-refractivity contribution in [3.8, 4) is 0 Å². The summed E-state index contributed by atoms with van der Waals surface area (Å²) in [6.07, 6.45) is -8.68. The van der Waals surface area contributed by atoms with E-state index in [9.17, 15) is 74.6 Å². The molecule has 0 heterocycles. The smallest absolute Gasteiger partial charge is 0.195 e. The zero-order valence-electron chi connectivity index (χ0n) is 20.1. The van der Waals surface area contributed by atoms with Gasteiger partial charge in [0.25, 0.3) is 0 Å². The summed E-state index contributed by atoms with van der Waals surface area (Å²) in [4.78, 5) is 0. The van der Waals surface area contributed by atoms with Gasteiger partial charge in [-0.25, -0.2) is 0 Å². The Balaban J connectivity index is 7.18. The Bertz CT molecular complexity index is 849. The molecule has 0 aliphatic carbocycles. The molecule has 0 saturated heterocycles. The number of hydrogen-bond acceptors (Lipinski definition) is 0. The Labute approximate surface area is 220 Å². The van der Waals surface area contributed by atoms with E-state index in [1.807, 2.05) is 0 Å². The Kier molecular flexibility index (Phi) is 10.3. The first-order chi connectivity index (χ1) is 16.2. The van der Waals surface area contributed by atoms with Crippen LogP contribution in [0.1, 0.15) is 41.5 Å². The fraction of sp³-hybridized carbons (Fsp3) is 0.895. The Morgan fingerprint density at radius 1 is 0.474 bits per heavy atom. The van der Waals surface area contributed by atoms with E-state index >= 15 is 0 Å². The fourth-order valence-corrected chi connectivity index (χ4v) is 16.5. The molecule has 0 aromatic rings. The van der Waals surface area contributed by atoms with Crippen molar-refractivity contribution in [2.45, 2.75) is 106 Å². The minimum absolute atomic E-state index is 0.593. The first-order valence-corrected chi connectivity index (χ1v) is 13.6. The molecule has 38 heavy (non-hydrogen) atoms. The highest BCUT2D eigenvalue weighted by Gasteiger charge is 2.95. The number of allylic oxidation sites excluding steroid dienone is 1. The van der Waals surface area contributed by atoms with Gasteiger partial charge in [-0.1, -0.05) is 64.1 Å². The van der Waals surface area contributed by atoms with E-state index in [-0.39, 0.29) is 0 Å². The van der Waals surface area contributed by atoms with Crippen LogP contribution in [0.15, 0.2) is 9.28 Å². The third-order valence-corrected chi connectivity index (χ3v) is 16.2. The summed E-state index contributed by atoms with van der Waals surface area (Å²) >= 11 is 1.05. The van der Waals surface area contributed by atoms with Crippen molar-refractivity contribution < 1.29 is 74.6 Å². The molecule has 0 spiro atoms. The van der Waals surface area contributed by atoms with Gasteiger partial charge in [-0.05, 0) is 25.9 Å². The Morgan fingerprint density at radius 2 is 0.711 bits per heavy atom. The number of alkyl halides is 17. The fourth-order valence-electron chi connectivity index (χ4n) is 4.38. The molecule has 0 atom stereocenters. The molecule has 0 rings (SSSR count). The summed E-state index contributed by atoms with van der Waals surface area (Å²) < 4.78 is 229. The highest BCUT2D eigenvalue weighted by molar-refractivity contribution is 14.1. The SMILES string of the molecule is CC(C)[Si](/C(I)=C/C(F)(F)C(F)(F)C(F)(F)C(F)(F)C(F)(F)C(F)(F)C(F)(F)C(F)(F)F)(C(C)C)C(C)C. The van der Waals surface area contributed by atoms with E-state index in [2.05, 4.69) is 0 Å². The van der Waals surface area contributed by atoms with Crippen LogP contribution < -0.4 is 0 Å². The predicted molar refractivity (Wildman–Crippen MR) is 114 cm³/mol. The van der Waals surface area contributed by atoms with Crippen LogP contribution in [0.25, 0.3) is 0 Å². The summed E-state index contributed by atoms with van der Waals surface area (Å²) in [5.74, 6) is -56.3. The molecule has 228 valence electrons. The zero-order valence-corrected chi connectivity index (χ0v) is 23.3. The third kappa shape index (κ3) is 5.05. The first-order valence-electron chi connectivity index (χ1n) is 10.3. The molecular weight excluding hydrogens is 706 g/mol. The van der Waals surface area contributed by atoms with E-state index < -0.39 is 81.6 Å². The van der Waals surface area contributed by atoms with Crippen LogP contribution in [0.5, 0.6) is 0 Å². The van der Waals surface area contributed by atoms with Crippen LogP contribution in [0, 0.1) is 0 Å². The van der Waals surface area contributed by atoms with Crippen molar-refractivity contribution in [3.05, 3.63) is 9.28 Å². The van der Waals surface area contributed by atoms with Gasteiger partial charge in [-0.15, -0.1) is 0 Å². The molecule has 0 N–H and O–H groups in total. The van der Waals surface area contributed by atoms with Gasteiger partial charge in [0, 0.05) is 0 Å². The van der Waals surface area contributed by atoms with Gasteiger partial charge >= 0.3 is 47.6 Å². The molecule has 0 bridgehead atoms. The van der Waals surface area contributed by atoms with E-state index in [1.54, 1.807) is 0 Å². The van der Waals surface area contributed by atoms with Crippen LogP contribution in [0.4, 0.5) is 74.6 Å². The van der Waals surface area contributed by atoms with Gasteiger partial charge in [0.1, 0.15) is 8.07 Å². The lowest BCUT2D eigenvalue weighted by Crippen LogP contribution is -2.74. The molecule has 19 heteroatoms. The zero-order chi connectivity index (χ0) is 31.5.